The van der Waals surface area contributed by atoms with Crippen LogP contribution < -0.4 is 4.72 Å². The van der Waals surface area contributed by atoms with Gasteiger partial charge in [-0.1, -0.05) is 0 Å². The van der Waals surface area contributed by atoms with Crippen LogP contribution in [0.1, 0.15) is 16.7 Å². The van der Waals surface area contributed by atoms with Crippen LogP contribution in [0.25, 0.3) is 0 Å². The lowest BCUT2D eigenvalue weighted by Crippen LogP contribution is -2.15. The second-order valence-corrected chi connectivity index (χ2v) is 7.79. The lowest BCUT2D eigenvalue weighted by molar-refractivity contribution is -0.137. The minimum Gasteiger partial charge on any atom is -0.279 e. The highest BCUT2D eigenvalue weighted by Gasteiger charge is 2.30. The predicted molar refractivity (Wildman–Crippen MR) is 89.6 cm³/mol. The Bertz CT molecular complexity index is 908. The number of aryl methyl sites for hydroxylation is 2. The first kappa shape index (κ1) is 19.1. The van der Waals surface area contributed by atoms with Crippen molar-refractivity contribution < 1.29 is 21.6 Å². The number of halogens is 3. The summed E-state index contributed by atoms with van der Waals surface area (Å²) in [6.45, 7) is 3.36. The molecule has 0 saturated heterocycles. The van der Waals surface area contributed by atoms with E-state index in [2.05, 4.69) is 4.72 Å². The maximum absolute atomic E-state index is 12.6. The molecule has 2 aromatic rings. The van der Waals surface area contributed by atoms with Gasteiger partial charge < -0.3 is 0 Å². The summed E-state index contributed by atoms with van der Waals surface area (Å²) in [6, 6.07) is 6.59. The van der Waals surface area contributed by atoms with Crippen molar-refractivity contribution >= 4 is 27.5 Å². The summed E-state index contributed by atoms with van der Waals surface area (Å²) >= 11 is 0.952. The van der Waals surface area contributed by atoms with Crippen molar-refractivity contribution in [2.75, 3.05) is 4.72 Å². The zero-order valence-electron chi connectivity index (χ0n) is 13.2. The molecule has 25 heavy (non-hydrogen) atoms. The number of alkyl halides is 3. The number of hydrogen-bond acceptors (Lipinski definition) is 4. The number of benzene rings is 2. The highest BCUT2D eigenvalue weighted by Crippen LogP contribution is 2.31. The second kappa shape index (κ2) is 6.98. The van der Waals surface area contributed by atoms with Gasteiger partial charge in [0, 0.05) is 4.90 Å². The monoisotopic (exact) mass is 386 g/mol. The van der Waals surface area contributed by atoms with E-state index in [-0.39, 0.29) is 4.90 Å². The van der Waals surface area contributed by atoms with E-state index in [9.17, 15) is 21.6 Å². The van der Waals surface area contributed by atoms with E-state index in [0.717, 1.165) is 36.0 Å². The molecular formula is C16H13F3N2O2S2. The fourth-order valence-electron chi connectivity index (χ4n) is 2.21. The summed E-state index contributed by atoms with van der Waals surface area (Å²) in [5, 5.41) is 10.6. The van der Waals surface area contributed by atoms with Gasteiger partial charge >= 0.3 is 6.18 Å². The van der Waals surface area contributed by atoms with Crippen LogP contribution in [0, 0.1) is 24.5 Å². The Morgan fingerprint density at radius 1 is 1.08 bits per heavy atom. The molecule has 0 unspecified atom stereocenters. The average molecular weight is 386 g/mol. The Morgan fingerprint density at radius 2 is 1.60 bits per heavy atom. The number of rotatable bonds is 4. The van der Waals surface area contributed by atoms with Crippen LogP contribution in [0.15, 0.2) is 46.2 Å². The Hall–Kier alpha value is -2.18. The van der Waals surface area contributed by atoms with Gasteiger partial charge in [-0.15, -0.1) is 0 Å². The summed E-state index contributed by atoms with van der Waals surface area (Å²) in [5.74, 6) is 0. The molecule has 0 amide bonds. The highest BCUT2D eigenvalue weighted by atomic mass is 32.2. The number of nitrogens with zero attached hydrogens (tertiary/aromatic N) is 1. The van der Waals surface area contributed by atoms with E-state index in [0.29, 0.717) is 21.7 Å². The van der Waals surface area contributed by atoms with Gasteiger partial charge in [0.15, 0.2) is 0 Å². The number of anilines is 1. The highest BCUT2D eigenvalue weighted by molar-refractivity contribution is 8.03. The van der Waals surface area contributed by atoms with Crippen molar-refractivity contribution in [2.45, 2.75) is 29.8 Å². The van der Waals surface area contributed by atoms with Crippen LogP contribution in [-0.2, 0) is 16.2 Å². The fraction of sp³-hybridized carbons (Fsp3) is 0.188. The summed E-state index contributed by atoms with van der Waals surface area (Å²) in [6.07, 6.45) is -4.53. The van der Waals surface area contributed by atoms with Gasteiger partial charge in [0.25, 0.3) is 10.0 Å². The molecule has 0 aliphatic heterocycles. The molecule has 0 atom stereocenters. The van der Waals surface area contributed by atoms with Crippen LogP contribution in [0.5, 0.6) is 0 Å². The minimum atomic E-state index is -4.53. The van der Waals surface area contributed by atoms with Gasteiger partial charge in [-0.3, -0.25) is 4.72 Å². The molecule has 0 fully saturated rings. The SMILES string of the molecule is Cc1cc(SC#N)cc(C)c1NS(=O)(=O)c1ccc(C(F)(F)F)cc1. The zero-order valence-corrected chi connectivity index (χ0v) is 14.8. The Labute approximate surface area is 147 Å². The van der Waals surface area contributed by atoms with Crippen LogP contribution in [0.2, 0.25) is 0 Å². The number of hydrogen-bond donors (Lipinski definition) is 1. The molecule has 2 aromatic carbocycles. The Morgan fingerprint density at radius 3 is 2.04 bits per heavy atom. The molecular weight excluding hydrogens is 373 g/mol. The van der Waals surface area contributed by atoms with Gasteiger partial charge in [0.05, 0.1) is 16.1 Å². The van der Waals surface area contributed by atoms with E-state index >= 15 is 0 Å². The van der Waals surface area contributed by atoms with Crippen molar-refractivity contribution in [3.8, 4) is 5.40 Å². The maximum atomic E-state index is 12.6. The van der Waals surface area contributed by atoms with Crippen LogP contribution >= 0.6 is 11.8 Å². The average Bonchev–Trinajstić information content (AvgIpc) is 2.51. The van der Waals surface area contributed by atoms with E-state index in [1.807, 2.05) is 5.40 Å². The standard InChI is InChI=1S/C16H13F3N2O2S2/c1-10-7-13(24-9-20)8-11(2)15(10)21-25(22,23)14-5-3-12(4-6-14)16(17,18)19/h3-8,21H,1-2H3. The predicted octanol–water partition coefficient (Wildman–Crippen LogP) is 4.70. The first-order chi connectivity index (χ1) is 11.5. The molecule has 0 spiro atoms. The number of thioether (sulfide) groups is 1. The summed E-state index contributed by atoms with van der Waals surface area (Å²) in [4.78, 5) is 0.407. The van der Waals surface area contributed by atoms with E-state index in [1.165, 1.54) is 0 Å². The van der Waals surface area contributed by atoms with Crippen molar-refractivity contribution in [1.29, 1.82) is 5.26 Å². The van der Waals surface area contributed by atoms with Crippen molar-refractivity contribution in [1.82, 2.24) is 0 Å². The summed E-state index contributed by atoms with van der Waals surface area (Å²) < 4.78 is 65.0. The molecule has 0 heterocycles. The molecule has 2 rings (SSSR count). The van der Waals surface area contributed by atoms with E-state index < -0.39 is 21.8 Å². The minimum absolute atomic E-state index is 0.269. The third-order valence-electron chi connectivity index (χ3n) is 3.40. The van der Waals surface area contributed by atoms with Crippen molar-refractivity contribution in [2.24, 2.45) is 0 Å². The number of nitriles is 1. The number of nitrogens with one attached hydrogen (secondary N) is 1. The van der Waals surface area contributed by atoms with Gasteiger partial charge in [0.1, 0.15) is 5.40 Å². The van der Waals surface area contributed by atoms with Crippen molar-refractivity contribution in [3.63, 3.8) is 0 Å². The van der Waals surface area contributed by atoms with Crippen molar-refractivity contribution in [3.05, 3.63) is 53.1 Å². The fourth-order valence-corrected chi connectivity index (χ4v) is 3.99. The third-order valence-corrected chi connectivity index (χ3v) is 5.33. The molecule has 1 N–H and O–H groups in total. The van der Waals surface area contributed by atoms with Crippen LogP contribution in [0.3, 0.4) is 0 Å². The van der Waals surface area contributed by atoms with Gasteiger partial charge in [-0.25, -0.2) is 8.42 Å². The van der Waals surface area contributed by atoms with Crippen LogP contribution in [-0.4, -0.2) is 8.42 Å². The first-order valence-corrected chi connectivity index (χ1v) is 9.22. The van der Waals surface area contributed by atoms with E-state index in [4.69, 9.17) is 5.26 Å². The quantitative estimate of drug-likeness (QED) is 0.611. The first-order valence-electron chi connectivity index (χ1n) is 6.92. The normalized spacial score (nSPS) is 11.8. The molecule has 0 saturated carbocycles. The molecule has 0 aromatic heterocycles. The molecule has 9 heteroatoms. The second-order valence-electron chi connectivity index (χ2n) is 5.25. The summed E-state index contributed by atoms with van der Waals surface area (Å²) in [7, 11) is -4.03. The summed E-state index contributed by atoms with van der Waals surface area (Å²) in [5.41, 5.74) is 0.625. The molecule has 0 bridgehead atoms. The van der Waals surface area contributed by atoms with E-state index in [1.54, 1.807) is 26.0 Å². The Balaban J connectivity index is 2.35. The molecule has 0 aliphatic rings. The largest absolute Gasteiger partial charge is 0.416 e. The number of thiocyanates is 1. The molecule has 4 nitrogen and oxygen atoms in total. The molecule has 0 radical (unpaired) electrons. The maximum Gasteiger partial charge on any atom is 0.416 e. The Kier molecular flexibility index (Phi) is 5.34. The topological polar surface area (TPSA) is 70.0 Å². The zero-order chi connectivity index (χ0) is 18.8. The lowest BCUT2D eigenvalue weighted by Gasteiger charge is -2.15. The lowest BCUT2D eigenvalue weighted by atomic mass is 10.1. The van der Waals surface area contributed by atoms with Gasteiger partial charge in [0.2, 0.25) is 0 Å². The third kappa shape index (κ3) is 4.46. The van der Waals surface area contributed by atoms with Gasteiger partial charge in [-0.05, 0) is 73.1 Å². The molecule has 0 aliphatic carbocycles. The smallest absolute Gasteiger partial charge is 0.279 e. The number of sulfonamides is 1. The van der Waals surface area contributed by atoms with Crippen LogP contribution in [0.4, 0.5) is 18.9 Å². The van der Waals surface area contributed by atoms with Gasteiger partial charge in [-0.2, -0.15) is 18.4 Å². The molecule has 132 valence electrons.